The first-order chi connectivity index (χ1) is 4.97. The molecule has 1 N–H and O–H groups in total. The molecule has 0 aromatic heterocycles. The van der Waals surface area contributed by atoms with Gasteiger partial charge < -0.3 is 0 Å². The Morgan fingerprint density at radius 3 is 3.10 bits per heavy atom. The number of hydrogen-bond acceptors (Lipinski definition) is 3. The summed E-state index contributed by atoms with van der Waals surface area (Å²) < 4.78 is 0. The predicted molar refractivity (Wildman–Crippen MR) is 43.0 cm³/mol. The van der Waals surface area contributed by atoms with E-state index in [-0.39, 0.29) is 0 Å². The average molecular weight is 150 g/mol. The minimum Gasteiger partial charge on any atom is -0.247 e. The van der Waals surface area contributed by atoms with Gasteiger partial charge in [-0.25, -0.2) is 4.83 Å². The van der Waals surface area contributed by atoms with Gasteiger partial charge in [-0.15, -0.1) is 0 Å². The van der Waals surface area contributed by atoms with Crippen LogP contribution < -0.4 is 4.83 Å². The van der Waals surface area contributed by atoms with Gasteiger partial charge in [0.2, 0.25) is 0 Å². The molecular formula is C7H6N2S. The Labute approximate surface area is 63.5 Å². The van der Waals surface area contributed by atoms with Crippen LogP contribution in [0.4, 0.5) is 0 Å². The molecule has 0 fully saturated rings. The molecule has 0 amide bonds. The van der Waals surface area contributed by atoms with Crippen LogP contribution in [0.1, 0.15) is 5.56 Å². The zero-order chi connectivity index (χ0) is 6.81. The van der Waals surface area contributed by atoms with E-state index in [9.17, 15) is 0 Å². The molecule has 1 aliphatic heterocycles. The third-order valence-electron chi connectivity index (χ3n) is 1.33. The van der Waals surface area contributed by atoms with Gasteiger partial charge in [0.05, 0.1) is 6.21 Å². The molecule has 0 atom stereocenters. The van der Waals surface area contributed by atoms with Crippen molar-refractivity contribution in [1.82, 2.24) is 4.83 Å². The van der Waals surface area contributed by atoms with Gasteiger partial charge in [-0.3, -0.25) is 0 Å². The number of hydrazone groups is 1. The van der Waals surface area contributed by atoms with Crippen LogP contribution in [0.2, 0.25) is 0 Å². The molecule has 3 heteroatoms. The van der Waals surface area contributed by atoms with Crippen molar-refractivity contribution in [1.29, 1.82) is 0 Å². The average Bonchev–Trinajstić information content (AvgIpc) is 2.05. The highest BCUT2D eigenvalue weighted by molar-refractivity contribution is 7.97. The van der Waals surface area contributed by atoms with Crippen molar-refractivity contribution in [2.75, 3.05) is 0 Å². The lowest BCUT2D eigenvalue weighted by Gasteiger charge is -2.07. The largest absolute Gasteiger partial charge is 0.247 e. The molecule has 1 aromatic rings. The molecule has 2 rings (SSSR count). The Bertz CT molecular complexity index is 270. The Morgan fingerprint density at radius 1 is 1.30 bits per heavy atom. The van der Waals surface area contributed by atoms with Crippen LogP contribution >= 0.6 is 11.9 Å². The molecule has 1 aliphatic rings. The van der Waals surface area contributed by atoms with Gasteiger partial charge in [0.15, 0.2) is 0 Å². The molecule has 0 bridgehead atoms. The maximum absolute atomic E-state index is 3.91. The first kappa shape index (κ1) is 5.80. The highest BCUT2D eigenvalue weighted by Gasteiger charge is 2.01. The number of rotatable bonds is 0. The maximum Gasteiger partial charge on any atom is 0.0562 e. The minimum absolute atomic E-state index is 1.19. The van der Waals surface area contributed by atoms with Crippen molar-refractivity contribution in [3.05, 3.63) is 29.8 Å². The first-order valence-corrected chi connectivity index (χ1v) is 3.82. The fourth-order valence-electron chi connectivity index (χ4n) is 0.852. The van der Waals surface area contributed by atoms with Gasteiger partial charge in [0, 0.05) is 22.4 Å². The van der Waals surface area contributed by atoms with Crippen LogP contribution in [-0.4, -0.2) is 6.21 Å². The smallest absolute Gasteiger partial charge is 0.0562 e. The summed E-state index contributed by atoms with van der Waals surface area (Å²) in [5.74, 6) is 0. The van der Waals surface area contributed by atoms with E-state index in [1.165, 1.54) is 10.5 Å². The first-order valence-electron chi connectivity index (χ1n) is 3.01. The monoisotopic (exact) mass is 150 g/mol. The SMILES string of the molecule is C1=NNSc2ccccc21. The summed E-state index contributed by atoms with van der Waals surface area (Å²) >= 11 is 1.54. The summed E-state index contributed by atoms with van der Waals surface area (Å²) in [6, 6.07) is 8.15. The second kappa shape index (κ2) is 2.34. The van der Waals surface area contributed by atoms with Crippen molar-refractivity contribution in [3.8, 4) is 0 Å². The van der Waals surface area contributed by atoms with E-state index >= 15 is 0 Å². The van der Waals surface area contributed by atoms with E-state index in [0.29, 0.717) is 0 Å². The number of nitrogens with one attached hydrogen (secondary N) is 1. The quantitative estimate of drug-likeness (QED) is 0.568. The topological polar surface area (TPSA) is 24.4 Å². The standard InChI is InChI=1S/C7H6N2S/c1-2-4-7-6(3-1)5-8-9-10-7/h1-5,9H. The lowest BCUT2D eigenvalue weighted by atomic mass is 10.2. The molecule has 0 saturated carbocycles. The summed E-state index contributed by atoms with van der Waals surface area (Å²) in [6.45, 7) is 0. The molecular weight excluding hydrogens is 144 g/mol. The highest BCUT2D eigenvalue weighted by atomic mass is 32.2. The Balaban J connectivity index is 2.54. The Hall–Kier alpha value is -0.960. The van der Waals surface area contributed by atoms with Crippen LogP contribution in [-0.2, 0) is 0 Å². The zero-order valence-corrected chi connectivity index (χ0v) is 6.06. The summed E-state index contributed by atoms with van der Waals surface area (Å²) in [4.78, 5) is 4.06. The van der Waals surface area contributed by atoms with E-state index < -0.39 is 0 Å². The normalized spacial score (nSPS) is 14.0. The van der Waals surface area contributed by atoms with Gasteiger partial charge in [-0.2, -0.15) is 5.10 Å². The van der Waals surface area contributed by atoms with Crippen molar-refractivity contribution in [3.63, 3.8) is 0 Å². The van der Waals surface area contributed by atoms with Gasteiger partial charge in [0.25, 0.3) is 0 Å². The molecule has 0 spiro atoms. The van der Waals surface area contributed by atoms with Crippen molar-refractivity contribution in [2.24, 2.45) is 5.10 Å². The summed E-state index contributed by atoms with van der Waals surface area (Å²) in [5, 5.41) is 3.91. The maximum atomic E-state index is 3.91. The molecule has 0 unspecified atom stereocenters. The lowest BCUT2D eigenvalue weighted by Crippen LogP contribution is -2.01. The van der Waals surface area contributed by atoms with Crippen molar-refractivity contribution >= 4 is 18.2 Å². The van der Waals surface area contributed by atoms with Crippen molar-refractivity contribution in [2.45, 2.75) is 4.90 Å². The van der Waals surface area contributed by atoms with E-state index in [1.54, 1.807) is 11.9 Å². The third kappa shape index (κ3) is 0.885. The molecule has 1 heterocycles. The van der Waals surface area contributed by atoms with E-state index in [1.807, 2.05) is 24.4 Å². The van der Waals surface area contributed by atoms with Gasteiger partial charge in [-0.1, -0.05) is 18.2 Å². The summed E-state index contributed by atoms with van der Waals surface area (Å²) in [7, 11) is 0. The molecule has 0 aliphatic carbocycles. The number of benzene rings is 1. The molecule has 50 valence electrons. The Kier molecular flexibility index (Phi) is 1.36. The van der Waals surface area contributed by atoms with Gasteiger partial charge in [-0.05, 0) is 6.07 Å². The fourth-order valence-corrected chi connectivity index (χ4v) is 1.44. The summed E-state index contributed by atoms with van der Waals surface area (Å²) in [6.07, 6.45) is 1.83. The van der Waals surface area contributed by atoms with Gasteiger partial charge in [0.1, 0.15) is 0 Å². The molecule has 0 saturated heterocycles. The van der Waals surface area contributed by atoms with Crippen LogP contribution in [0.3, 0.4) is 0 Å². The lowest BCUT2D eigenvalue weighted by molar-refractivity contribution is 1.10. The number of fused-ring (bicyclic) bond motifs is 1. The fraction of sp³-hybridized carbons (Fsp3) is 0. The molecule has 10 heavy (non-hydrogen) atoms. The van der Waals surface area contributed by atoms with Crippen LogP contribution in [0.25, 0.3) is 0 Å². The zero-order valence-electron chi connectivity index (χ0n) is 5.24. The van der Waals surface area contributed by atoms with Gasteiger partial charge >= 0.3 is 0 Å². The second-order valence-electron chi connectivity index (χ2n) is 1.99. The third-order valence-corrected chi connectivity index (χ3v) is 2.12. The van der Waals surface area contributed by atoms with Crippen LogP contribution in [0.15, 0.2) is 34.3 Å². The molecule has 1 aromatic carbocycles. The second-order valence-corrected chi connectivity index (χ2v) is 2.82. The van der Waals surface area contributed by atoms with E-state index in [2.05, 4.69) is 16.0 Å². The highest BCUT2D eigenvalue weighted by Crippen LogP contribution is 2.20. The van der Waals surface area contributed by atoms with E-state index in [4.69, 9.17) is 0 Å². The van der Waals surface area contributed by atoms with Crippen molar-refractivity contribution < 1.29 is 0 Å². The van der Waals surface area contributed by atoms with Crippen LogP contribution in [0, 0.1) is 0 Å². The predicted octanol–water partition coefficient (Wildman–Crippen LogP) is 1.63. The Morgan fingerprint density at radius 2 is 2.20 bits per heavy atom. The number of hydrogen-bond donors (Lipinski definition) is 1. The van der Waals surface area contributed by atoms with Crippen LogP contribution in [0.5, 0.6) is 0 Å². The minimum atomic E-state index is 1.19. The van der Waals surface area contributed by atoms with E-state index in [0.717, 1.165) is 0 Å². The molecule has 2 nitrogen and oxygen atoms in total. The number of nitrogens with zero attached hydrogens (tertiary/aromatic N) is 1. The summed E-state index contributed by atoms with van der Waals surface area (Å²) in [5.41, 5.74) is 1.19. The molecule has 0 radical (unpaired) electrons.